The van der Waals surface area contributed by atoms with Gasteiger partial charge >= 0.3 is 77.3 Å². The van der Waals surface area contributed by atoms with E-state index in [0.717, 1.165) is 0 Å². The molecule has 9 heavy (non-hydrogen) atoms. The Morgan fingerprint density at radius 3 is 1.89 bits per heavy atom. The molecule has 0 fully saturated rings. The summed E-state index contributed by atoms with van der Waals surface area (Å²) in [4.78, 5) is 9.22. The summed E-state index contributed by atoms with van der Waals surface area (Å²) >= 11 is -4.30. The Morgan fingerprint density at radius 2 is 1.89 bits per heavy atom. The van der Waals surface area contributed by atoms with Crippen molar-refractivity contribution in [1.29, 1.82) is 0 Å². The molecule has 0 aromatic carbocycles. The summed E-state index contributed by atoms with van der Waals surface area (Å²) in [5, 5.41) is 0. The summed E-state index contributed by atoms with van der Waals surface area (Å²) in [7, 11) is -5.53. The average molecular weight is 204 g/mol. The van der Waals surface area contributed by atoms with E-state index in [1.54, 1.807) is 0 Å². The predicted octanol–water partition coefficient (Wildman–Crippen LogP) is -3.33. The van der Waals surface area contributed by atoms with Gasteiger partial charge in [-0.3, -0.25) is 0 Å². The molecule has 1 unspecified atom stereocenters. The fourth-order valence-electron chi connectivity index (χ4n) is 0.0796. The molecule has 0 aliphatic carbocycles. The van der Waals surface area contributed by atoms with Gasteiger partial charge in [0, 0.05) is 0 Å². The van der Waals surface area contributed by atoms with Crippen LogP contribution in [0.3, 0.4) is 0 Å². The maximum atomic E-state index is 11.1. The van der Waals surface area contributed by atoms with Gasteiger partial charge in [-0.15, -0.1) is 0 Å². The van der Waals surface area contributed by atoms with Crippen LogP contribution < -0.4 is 34.5 Å². The van der Waals surface area contributed by atoms with E-state index in [2.05, 4.69) is 3.45 Å². The van der Waals surface area contributed by atoms with Gasteiger partial charge < -0.3 is 0 Å². The molecule has 0 aromatic heterocycles. The van der Waals surface area contributed by atoms with Crippen LogP contribution in [-0.2, 0) is 30.8 Å². The third-order valence-corrected chi connectivity index (χ3v) is 2.03. The van der Waals surface area contributed by atoms with Crippen molar-refractivity contribution in [1.82, 2.24) is 0 Å². The quantitative estimate of drug-likeness (QED) is 0.347. The van der Waals surface area contributed by atoms with Crippen LogP contribution in [0.2, 0.25) is 0 Å². The molecule has 1 atom stereocenters. The summed E-state index contributed by atoms with van der Waals surface area (Å²) in [6.07, 6.45) is 0. The molecule has 5 nitrogen and oxygen atoms in total. The molecule has 0 saturated heterocycles. The molecule has 0 heterocycles. The van der Waals surface area contributed by atoms with Crippen LogP contribution in [0, 0.1) is 0 Å². The van der Waals surface area contributed by atoms with E-state index >= 15 is 0 Å². The molecular formula is FNaO5PV. The summed E-state index contributed by atoms with van der Waals surface area (Å²) < 4.78 is 41.7. The minimum atomic E-state index is -5.53. The van der Waals surface area contributed by atoms with Crippen LogP contribution in [0.1, 0.15) is 0 Å². The predicted molar refractivity (Wildman–Crippen MR) is 11.2 cm³/mol. The van der Waals surface area contributed by atoms with E-state index < -0.39 is 23.3 Å². The second-order valence-electron chi connectivity index (χ2n) is 0.736. The van der Waals surface area contributed by atoms with Gasteiger partial charge in [-0.1, -0.05) is 0 Å². The molecule has 0 aliphatic rings. The molecule has 0 aliphatic heterocycles. The molecule has 0 spiro atoms. The maximum absolute atomic E-state index is 11.1. The van der Waals surface area contributed by atoms with E-state index in [1.165, 1.54) is 0 Å². The van der Waals surface area contributed by atoms with E-state index in [4.69, 9.17) is 0 Å². The SMILES string of the molecule is [Na+].[O]=[V](=[O])[O]P(=O)([O-])F. The topological polar surface area (TPSA) is 83.5 Å². The van der Waals surface area contributed by atoms with Crippen molar-refractivity contribution >= 4 is 7.91 Å². The van der Waals surface area contributed by atoms with Gasteiger partial charge in [-0.05, 0) is 0 Å². The Bertz CT molecular complexity index is 171. The van der Waals surface area contributed by atoms with Crippen molar-refractivity contribution in [2.24, 2.45) is 0 Å². The van der Waals surface area contributed by atoms with Crippen molar-refractivity contribution in [3.8, 4) is 0 Å². The average Bonchev–Trinajstić information content (AvgIpc) is 1.21. The summed E-state index contributed by atoms with van der Waals surface area (Å²) in [6.45, 7) is 0. The van der Waals surface area contributed by atoms with Gasteiger partial charge in [-0.2, -0.15) is 0 Å². The van der Waals surface area contributed by atoms with Gasteiger partial charge in [0.25, 0.3) is 0 Å². The Hall–Kier alpha value is 1.26. The third-order valence-electron chi connectivity index (χ3n) is 0.164. The zero-order chi connectivity index (χ0) is 6.78. The van der Waals surface area contributed by atoms with Gasteiger partial charge in [0.05, 0.1) is 0 Å². The summed E-state index contributed by atoms with van der Waals surface area (Å²) in [6, 6.07) is 0. The van der Waals surface area contributed by atoms with Gasteiger partial charge in [0.15, 0.2) is 0 Å². The van der Waals surface area contributed by atoms with Crippen LogP contribution in [-0.4, -0.2) is 0 Å². The number of rotatable bonds is 2. The third kappa shape index (κ3) is 12.5. The van der Waals surface area contributed by atoms with E-state index in [1.807, 2.05) is 0 Å². The fourth-order valence-corrected chi connectivity index (χ4v) is 0.985. The number of halogens is 1. The first-order valence-corrected chi connectivity index (χ1v) is 4.41. The van der Waals surface area contributed by atoms with Crippen molar-refractivity contribution in [3.63, 3.8) is 0 Å². The van der Waals surface area contributed by atoms with Crippen molar-refractivity contribution in [2.45, 2.75) is 0 Å². The van der Waals surface area contributed by atoms with Gasteiger partial charge in [-0.25, -0.2) is 0 Å². The molecule has 0 bridgehead atoms. The molecular weight excluding hydrogens is 204 g/mol. The van der Waals surface area contributed by atoms with Crippen LogP contribution in [0.5, 0.6) is 0 Å². The molecule has 9 heteroatoms. The van der Waals surface area contributed by atoms with E-state index in [9.17, 15) is 21.0 Å². The summed E-state index contributed by atoms with van der Waals surface area (Å²) in [5.74, 6) is 0. The molecule has 0 amide bonds. The van der Waals surface area contributed by atoms with Crippen LogP contribution >= 0.6 is 7.91 Å². The summed E-state index contributed by atoms with van der Waals surface area (Å²) in [5.41, 5.74) is 0. The van der Waals surface area contributed by atoms with Crippen molar-refractivity contribution in [2.75, 3.05) is 0 Å². The second kappa shape index (κ2) is 4.99. The Balaban J connectivity index is 0. The van der Waals surface area contributed by atoms with Crippen LogP contribution in [0.15, 0.2) is 0 Å². The Labute approximate surface area is 76.9 Å². The fraction of sp³-hybridized carbons (Fsp3) is 0. The molecule has 0 N–H and O–H groups in total. The monoisotopic (exact) mass is 204 g/mol. The number of hydrogen-bond acceptors (Lipinski definition) is 5. The standard InChI is InChI=1S/FH2O3P.Na.2O.V/c1-5(2,3)4;;;;/h(H2,2,3,4);;;;/q;+1;;;+1/p-2. The van der Waals surface area contributed by atoms with Crippen LogP contribution in [0.4, 0.5) is 4.20 Å². The second-order valence-corrected chi connectivity index (χ2v) is 3.22. The molecule has 0 saturated carbocycles. The number of hydrogen-bond donors (Lipinski definition) is 0. The molecule has 0 aromatic rings. The normalized spacial score (nSPS) is 15.3. The van der Waals surface area contributed by atoms with E-state index in [-0.39, 0.29) is 29.6 Å². The van der Waals surface area contributed by atoms with Gasteiger partial charge in [0.2, 0.25) is 0 Å². The first kappa shape index (κ1) is 12.9. The zero-order valence-corrected chi connectivity index (χ0v) is 8.60. The zero-order valence-electron chi connectivity index (χ0n) is 4.31. The first-order chi connectivity index (χ1) is 3.42. The molecule has 0 rings (SSSR count). The van der Waals surface area contributed by atoms with Gasteiger partial charge in [0.1, 0.15) is 0 Å². The van der Waals surface area contributed by atoms with Crippen molar-refractivity contribution in [3.05, 3.63) is 0 Å². The molecule has 0 radical (unpaired) electrons. The molecule has 48 valence electrons. The van der Waals surface area contributed by atoms with Crippen molar-refractivity contribution < 1.29 is 69.4 Å². The van der Waals surface area contributed by atoms with Crippen LogP contribution in [0.25, 0.3) is 0 Å². The van der Waals surface area contributed by atoms with E-state index in [0.29, 0.717) is 0 Å². The Kier molecular flexibility index (Phi) is 7.15. The first-order valence-electron chi connectivity index (χ1n) is 1.26. The minimum absolute atomic E-state index is 0. The Morgan fingerprint density at radius 1 is 1.56 bits per heavy atom.